The number of halogens is 2. The highest BCUT2D eigenvalue weighted by atomic mass is 32.2. The molecule has 4 heterocycles. The third kappa shape index (κ3) is 12.3. The summed E-state index contributed by atoms with van der Waals surface area (Å²) in [5.41, 5.74) is 0.947. The third-order valence-electron chi connectivity index (χ3n) is 13.3. The number of hydrogen-bond donors (Lipinski definition) is 0. The standard InChI is InChI=1S/C47H71F2N5O4S2/c1-4-5-6-7-8-9-10-11-12-13-14-15-16-17-34-58-42-20-21-43(46(49)45(42)48)60(56,57)44-36-50-41-19-18-39(59(3)55)35-40(41)47(44)54-28-24-37(25-29-54)52-26-22-38(23-27-52)53-32-30-51(2)31-33-53/h18-21,35-38H,4-17,22-34H2,1-3H3. The fourth-order valence-corrected chi connectivity index (χ4v) is 11.6. The number of hydrogen-bond acceptors (Lipinski definition) is 9. The van der Waals surface area contributed by atoms with Crippen molar-refractivity contribution in [2.75, 3.05) is 77.2 Å². The zero-order valence-corrected chi connectivity index (χ0v) is 38.3. The van der Waals surface area contributed by atoms with E-state index in [9.17, 15) is 13.0 Å². The van der Waals surface area contributed by atoms with Gasteiger partial charge in [0.15, 0.2) is 16.5 Å². The van der Waals surface area contributed by atoms with Crippen molar-refractivity contribution in [1.82, 2.24) is 19.7 Å². The van der Waals surface area contributed by atoms with Gasteiger partial charge in [-0.25, -0.2) is 12.8 Å². The summed E-state index contributed by atoms with van der Waals surface area (Å²) in [6, 6.07) is 8.54. The quantitative estimate of drug-likeness (QED) is 0.0724. The van der Waals surface area contributed by atoms with E-state index in [0.29, 0.717) is 53.1 Å². The van der Waals surface area contributed by atoms with E-state index in [1.165, 1.54) is 76.5 Å². The third-order valence-corrected chi connectivity index (χ3v) is 16.0. The Morgan fingerprint density at radius 1 is 0.717 bits per heavy atom. The smallest absolute Gasteiger partial charge is 0.213 e. The molecule has 6 rings (SSSR count). The van der Waals surface area contributed by atoms with E-state index in [4.69, 9.17) is 4.74 Å². The minimum atomic E-state index is -4.59. The molecule has 13 heteroatoms. The minimum absolute atomic E-state index is 0.185. The van der Waals surface area contributed by atoms with E-state index < -0.39 is 37.5 Å². The molecule has 60 heavy (non-hydrogen) atoms. The van der Waals surface area contributed by atoms with E-state index in [1.54, 1.807) is 24.5 Å². The van der Waals surface area contributed by atoms with Crippen LogP contribution < -0.4 is 9.64 Å². The summed E-state index contributed by atoms with van der Waals surface area (Å²) in [7, 11) is -2.40. The topological polar surface area (TPSA) is 92.3 Å². The van der Waals surface area contributed by atoms with E-state index in [1.807, 2.05) is 0 Å². The van der Waals surface area contributed by atoms with E-state index in [2.05, 4.69) is 38.6 Å². The van der Waals surface area contributed by atoms with Crippen LogP contribution in [-0.2, 0) is 21.0 Å². The van der Waals surface area contributed by atoms with Crippen LogP contribution in [0.25, 0.3) is 10.9 Å². The van der Waals surface area contributed by atoms with Crippen LogP contribution in [0.5, 0.6) is 5.75 Å². The molecule has 3 fully saturated rings. The van der Waals surface area contributed by atoms with Crippen molar-refractivity contribution in [3.8, 4) is 5.75 Å². The molecule has 3 aliphatic heterocycles. The summed E-state index contributed by atoms with van der Waals surface area (Å²) < 4.78 is 78.6. The molecule has 334 valence electrons. The van der Waals surface area contributed by atoms with Crippen molar-refractivity contribution in [2.24, 2.45) is 0 Å². The second kappa shape index (κ2) is 23.2. The number of anilines is 1. The Morgan fingerprint density at radius 3 is 1.85 bits per heavy atom. The maximum atomic E-state index is 15.9. The molecular formula is C47H71F2N5O4S2. The van der Waals surface area contributed by atoms with Gasteiger partial charge in [-0.1, -0.05) is 90.4 Å². The molecular weight excluding hydrogens is 801 g/mol. The SMILES string of the molecule is CCCCCCCCCCCCCCCCOc1ccc(S(=O)(=O)c2cnc3ccc([S+](C)[O-])cc3c2N2CCC(N3CCC(N4CCN(C)CC4)CC3)CC2)c(F)c1F. The van der Waals surface area contributed by atoms with Crippen LogP contribution in [0.3, 0.4) is 0 Å². The number of fused-ring (bicyclic) bond motifs is 1. The average Bonchev–Trinajstić information content (AvgIpc) is 3.26. The van der Waals surface area contributed by atoms with Crippen molar-refractivity contribution in [3.63, 3.8) is 0 Å². The Hall–Kier alpha value is -2.55. The van der Waals surface area contributed by atoms with E-state index >= 15 is 8.78 Å². The van der Waals surface area contributed by atoms with Gasteiger partial charge >= 0.3 is 0 Å². The van der Waals surface area contributed by atoms with Gasteiger partial charge in [0.1, 0.15) is 16.0 Å². The largest absolute Gasteiger partial charge is 0.612 e. The normalized spacial score (nSPS) is 18.7. The van der Waals surface area contributed by atoms with Crippen molar-refractivity contribution < 1.29 is 26.5 Å². The zero-order chi connectivity index (χ0) is 42.5. The second-order valence-corrected chi connectivity index (χ2v) is 20.8. The molecule has 9 nitrogen and oxygen atoms in total. The molecule has 0 radical (unpaired) electrons. The van der Waals surface area contributed by atoms with Gasteiger partial charge < -0.3 is 24.0 Å². The number of likely N-dealkylation sites (tertiary alicyclic amines) is 1. The first-order valence-electron chi connectivity index (χ1n) is 23.1. The number of rotatable bonds is 22. The van der Waals surface area contributed by atoms with Crippen LogP contribution in [0.1, 0.15) is 122 Å². The van der Waals surface area contributed by atoms with Crippen LogP contribution in [-0.4, -0.2) is 117 Å². The molecule has 0 N–H and O–H groups in total. The van der Waals surface area contributed by atoms with Crippen molar-refractivity contribution in [2.45, 2.75) is 149 Å². The molecule has 0 bridgehead atoms. The highest BCUT2D eigenvalue weighted by Crippen LogP contribution is 2.40. The molecule has 1 atom stereocenters. The van der Waals surface area contributed by atoms with Gasteiger partial charge in [-0.15, -0.1) is 0 Å². The van der Waals surface area contributed by atoms with Crippen LogP contribution >= 0.6 is 0 Å². The number of sulfone groups is 1. The fourth-order valence-electron chi connectivity index (χ4n) is 9.53. The summed E-state index contributed by atoms with van der Waals surface area (Å²) in [4.78, 5) is 13.8. The van der Waals surface area contributed by atoms with Gasteiger partial charge in [-0.3, -0.25) is 9.88 Å². The second-order valence-electron chi connectivity index (χ2n) is 17.6. The number of pyridine rings is 1. The number of piperidine rings is 2. The first-order valence-corrected chi connectivity index (χ1v) is 26.2. The molecule has 1 unspecified atom stereocenters. The summed E-state index contributed by atoms with van der Waals surface area (Å²) in [5, 5.41) is 0.532. The van der Waals surface area contributed by atoms with Gasteiger partial charge in [0, 0.05) is 69.0 Å². The first kappa shape index (κ1) is 46.9. The van der Waals surface area contributed by atoms with Gasteiger partial charge in [0.25, 0.3) is 0 Å². The maximum Gasteiger partial charge on any atom is 0.213 e. The molecule has 0 saturated carbocycles. The number of aromatic nitrogens is 1. The van der Waals surface area contributed by atoms with Crippen molar-refractivity contribution >= 4 is 37.6 Å². The van der Waals surface area contributed by atoms with Crippen LogP contribution in [0.2, 0.25) is 0 Å². The predicted octanol–water partition coefficient (Wildman–Crippen LogP) is 9.62. The zero-order valence-electron chi connectivity index (χ0n) is 36.7. The molecule has 3 aromatic rings. The summed E-state index contributed by atoms with van der Waals surface area (Å²) in [6.07, 6.45) is 23.9. The maximum absolute atomic E-state index is 15.9. The number of piperazine rings is 1. The summed E-state index contributed by atoms with van der Waals surface area (Å²) in [5.74, 6) is -3.05. The lowest BCUT2D eigenvalue weighted by molar-refractivity contribution is 0.0495. The summed E-state index contributed by atoms with van der Waals surface area (Å²) >= 11 is -1.33. The molecule has 3 aliphatic rings. The van der Waals surface area contributed by atoms with Crippen LogP contribution in [0.15, 0.2) is 51.2 Å². The fraction of sp³-hybridized carbons (Fsp3) is 0.681. The molecule has 3 saturated heterocycles. The number of ether oxygens (including phenoxy) is 1. The first-order chi connectivity index (χ1) is 29.1. The lowest BCUT2D eigenvalue weighted by Gasteiger charge is -2.46. The van der Waals surface area contributed by atoms with E-state index in [-0.39, 0.29) is 17.3 Å². The summed E-state index contributed by atoms with van der Waals surface area (Å²) in [6.45, 7) is 10.3. The Bertz CT molecular complexity index is 1900. The number of nitrogens with zero attached hydrogens (tertiary/aromatic N) is 5. The number of likely N-dealkylation sites (N-methyl/N-ethyl adjacent to an activating group) is 1. The lowest BCUT2D eigenvalue weighted by atomic mass is 9.96. The Balaban J connectivity index is 1.06. The molecule has 0 spiro atoms. The van der Waals surface area contributed by atoms with E-state index in [0.717, 1.165) is 90.3 Å². The molecule has 0 aliphatic carbocycles. The number of benzene rings is 2. The minimum Gasteiger partial charge on any atom is -0.612 e. The van der Waals surface area contributed by atoms with Gasteiger partial charge in [0.2, 0.25) is 15.7 Å². The van der Waals surface area contributed by atoms with Crippen LogP contribution in [0.4, 0.5) is 14.5 Å². The lowest BCUT2D eigenvalue weighted by Crippen LogP contribution is -2.54. The average molecular weight is 872 g/mol. The molecule has 1 aromatic heterocycles. The molecule has 2 aromatic carbocycles. The van der Waals surface area contributed by atoms with Crippen LogP contribution in [0, 0.1) is 11.6 Å². The highest BCUT2D eigenvalue weighted by molar-refractivity contribution is 7.91. The van der Waals surface area contributed by atoms with Crippen molar-refractivity contribution in [1.29, 1.82) is 0 Å². The van der Waals surface area contributed by atoms with Gasteiger partial charge in [-0.05, 0) is 87.7 Å². The molecule has 0 amide bonds. The Labute approximate surface area is 362 Å². The van der Waals surface area contributed by atoms with Gasteiger partial charge in [-0.2, -0.15) is 4.39 Å². The Morgan fingerprint density at radius 2 is 1.27 bits per heavy atom. The predicted molar refractivity (Wildman–Crippen MR) is 241 cm³/mol. The Kier molecular flexibility index (Phi) is 18.2. The van der Waals surface area contributed by atoms with Crippen molar-refractivity contribution in [3.05, 3.63) is 48.2 Å². The number of unbranched alkanes of at least 4 members (excludes halogenated alkanes) is 13. The highest BCUT2D eigenvalue weighted by Gasteiger charge is 2.35. The monoisotopic (exact) mass is 871 g/mol. The van der Waals surface area contributed by atoms with Gasteiger partial charge in [0.05, 0.1) is 17.8 Å².